The Morgan fingerprint density at radius 1 is 0.441 bits per heavy atom. The molecule has 2 aliphatic carbocycles. The number of hydrogen-bond acceptors (Lipinski definition) is 3. The van der Waals surface area contributed by atoms with Gasteiger partial charge in [-0.15, -0.1) is 0 Å². The minimum Gasteiger partial charge on any atom is -0.365 e. The molecule has 2 unspecified atom stereocenters. The lowest BCUT2D eigenvalue weighted by molar-refractivity contribution is -0.0907. The quantitative estimate of drug-likeness (QED) is 0.0663. The van der Waals surface area contributed by atoms with E-state index >= 15 is 0 Å². The molecule has 0 spiro atoms. The maximum Gasteiger partial charge on any atom is 0.0861 e. The maximum atomic E-state index is 7.76. The average molecular weight is 797 g/mol. The lowest BCUT2D eigenvalue weighted by atomic mass is 9.74. The van der Waals surface area contributed by atoms with Crippen LogP contribution < -0.4 is 0 Å². The van der Waals surface area contributed by atoms with E-state index in [1.807, 2.05) is 0 Å². The molecule has 0 aliphatic heterocycles. The monoisotopic (exact) mass is 797 g/mol. The van der Waals surface area contributed by atoms with E-state index in [4.69, 9.17) is 14.7 Å². The fourth-order valence-corrected chi connectivity index (χ4v) is 10.3. The highest BCUT2D eigenvalue weighted by molar-refractivity contribution is 5.60. The molecule has 0 bridgehead atoms. The average Bonchev–Trinajstić information content (AvgIpc) is 3.29. The third kappa shape index (κ3) is 13.9. The Balaban J connectivity index is 1.25. The Kier molecular flexibility index (Phi) is 19.0. The zero-order valence-electron chi connectivity index (χ0n) is 37.8. The summed E-state index contributed by atoms with van der Waals surface area (Å²) in [7, 11) is 0. The number of rotatable bonds is 24. The third-order valence-electron chi connectivity index (χ3n) is 14.2. The van der Waals surface area contributed by atoms with Gasteiger partial charge in [0.05, 0.1) is 23.6 Å². The highest BCUT2D eigenvalue weighted by Crippen LogP contribution is 2.47. The molecule has 2 fully saturated rings. The van der Waals surface area contributed by atoms with E-state index in [2.05, 4.69) is 113 Å². The van der Waals surface area contributed by atoms with E-state index in [1.54, 1.807) is 0 Å². The van der Waals surface area contributed by atoms with Crippen LogP contribution >= 0.6 is 0 Å². The van der Waals surface area contributed by atoms with Crippen molar-refractivity contribution in [3.8, 4) is 22.5 Å². The third-order valence-corrected chi connectivity index (χ3v) is 14.2. The van der Waals surface area contributed by atoms with E-state index in [9.17, 15) is 0 Å². The van der Waals surface area contributed by atoms with E-state index in [0.717, 1.165) is 36.1 Å². The van der Waals surface area contributed by atoms with Gasteiger partial charge in [-0.05, 0) is 109 Å². The number of aromatic nitrogens is 2. The molecule has 6 rings (SSSR count). The molecule has 2 atom stereocenters. The largest absolute Gasteiger partial charge is 0.365 e. The maximum absolute atomic E-state index is 7.76. The highest BCUT2D eigenvalue weighted by Gasteiger charge is 2.36. The van der Waals surface area contributed by atoms with Gasteiger partial charge in [-0.3, -0.25) is 9.97 Å². The van der Waals surface area contributed by atoms with Crippen LogP contribution in [0.2, 0.25) is 0 Å². The zero-order valence-corrected chi connectivity index (χ0v) is 37.8. The van der Waals surface area contributed by atoms with Crippen LogP contribution in [-0.4, -0.2) is 9.97 Å². The van der Waals surface area contributed by atoms with Crippen molar-refractivity contribution in [2.24, 2.45) is 23.7 Å². The Hall–Kier alpha value is -3.30. The van der Waals surface area contributed by atoms with E-state index in [-0.39, 0.29) is 12.2 Å². The lowest BCUT2D eigenvalue weighted by Crippen LogP contribution is -2.28. The van der Waals surface area contributed by atoms with Crippen molar-refractivity contribution >= 4 is 0 Å². The van der Waals surface area contributed by atoms with Crippen molar-refractivity contribution in [1.29, 1.82) is 0 Å². The number of benzene rings is 2. The number of pyridine rings is 2. The summed E-state index contributed by atoms with van der Waals surface area (Å²) in [6.07, 6.45) is 35.6. The summed E-state index contributed by atoms with van der Waals surface area (Å²) in [5, 5.41) is 0. The second kappa shape index (κ2) is 24.8. The number of aryl methyl sites for hydroxylation is 2. The van der Waals surface area contributed by atoms with Crippen LogP contribution in [0.5, 0.6) is 0 Å². The molecule has 4 aromatic rings. The van der Waals surface area contributed by atoms with Gasteiger partial charge in [-0.25, -0.2) is 0 Å². The molecule has 2 aromatic heterocycles. The molecular weight excluding hydrogens is 717 g/mol. The Labute approximate surface area is 361 Å². The summed E-state index contributed by atoms with van der Waals surface area (Å²) in [6.45, 7) is 9.16. The molecule has 0 amide bonds. The molecule has 3 heteroatoms. The van der Waals surface area contributed by atoms with Crippen LogP contribution in [0.1, 0.15) is 203 Å². The van der Waals surface area contributed by atoms with Gasteiger partial charge in [0.2, 0.25) is 0 Å². The Morgan fingerprint density at radius 2 is 0.831 bits per heavy atom. The standard InChI is InChI=1S/C56H80N2O/c1-5-9-13-15-19-43-21-27-49(28-22-43)55(51-35-31-47(32-36-51)53-39-25-45(41-57-53)17-11-7-3)59-56(50-29-23-44(24-30-50)20-16-14-10-6-2)52-37-33-48(34-38-52)54-40-26-46(42-58-54)18-12-8-4/h25-26,31-44,49-50,55-56H,5-24,27-30H2,1-4H3. The van der Waals surface area contributed by atoms with Crippen LogP contribution in [0.3, 0.4) is 0 Å². The lowest BCUT2D eigenvalue weighted by Gasteiger charge is -2.40. The fourth-order valence-electron chi connectivity index (χ4n) is 10.3. The Morgan fingerprint density at radius 3 is 1.17 bits per heavy atom. The van der Waals surface area contributed by atoms with Gasteiger partial charge >= 0.3 is 0 Å². The molecule has 2 aliphatic rings. The molecule has 2 saturated carbocycles. The zero-order chi connectivity index (χ0) is 41.1. The van der Waals surface area contributed by atoms with Crippen LogP contribution in [-0.2, 0) is 17.6 Å². The highest BCUT2D eigenvalue weighted by atomic mass is 16.5. The second-order valence-electron chi connectivity index (χ2n) is 18.8. The fraction of sp³-hybridized carbons (Fsp3) is 0.607. The molecule has 320 valence electrons. The van der Waals surface area contributed by atoms with Crippen molar-refractivity contribution in [3.63, 3.8) is 0 Å². The van der Waals surface area contributed by atoms with Gasteiger partial charge in [-0.2, -0.15) is 0 Å². The van der Waals surface area contributed by atoms with Crippen LogP contribution in [0.15, 0.2) is 85.2 Å². The van der Waals surface area contributed by atoms with Crippen LogP contribution in [0.25, 0.3) is 22.5 Å². The molecule has 3 nitrogen and oxygen atoms in total. The smallest absolute Gasteiger partial charge is 0.0861 e. The van der Waals surface area contributed by atoms with Gasteiger partial charge in [-0.1, -0.05) is 191 Å². The van der Waals surface area contributed by atoms with E-state index in [1.165, 1.54) is 175 Å². The predicted octanol–water partition coefficient (Wildman–Crippen LogP) is 16.8. The van der Waals surface area contributed by atoms with Crippen molar-refractivity contribution < 1.29 is 4.74 Å². The first kappa shape index (κ1) is 45.2. The summed E-state index contributed by atoms with van der Waals surface area (Å²) in [5.41, 5.74) is 9.88. The van der Waals surface area contributed by atoms with Crippen molar-refractivity contribution in [2.45, 2.75) is 194 Å². The van der Waals surface area contributed by atoms with Gasteiger partial charge in [0.1, 0.15) is 0 Å². The minimum atomic E-state index is 0.0863. The van der Waals surface area contributed by atoms with Crippen LogP contribution in [0, 0.1) is 23.7 Å². The normalized spacial score (nSPS) is 20.7. The number of nitrogens with zero attached hydrogens (tertiary/aromatic N) is 2. The first-order chi connectivity index (χ1) is 29.1. The van der Waals surface area contributed by atoms with Gasteiger partial charge < -0.3 is 4.74 Å². The molecule has 2 aromatic carbocycles. The first-order valence-corrected chi connectivity index (χ1v) is 24.8. The molecular formula is C56H80N2O. The summed E-state index contributed by atoms with van der Waals surface area (Å²) in [6, 6.07) is 27.7. The number of hydrogen-bond donors (Lipinski definition) is 0. The number of unbranched alkanes of at least 4 members (excludes halogenated alkanes) is 8. The summed E-state index contributed by atoms with van der Waals surface area (Å²) in [5.74, 6) is 2.83. The summed E-state index contributed by atoms with van der Waals surface area (Å²) < 4.78 is 7.76. The second-order valence-corrected chi connectivity index (χ2v) is 18.8. The molecule has 0 N–H and O–H groups in total. The van der Waals surface area contributed by atoms with Gasteiger partial charge in [0.25, 0.3) is 0 Å². The predicted molar refractivity (Wildman–Crippen MR) is 252 cm³/mol. The minimum absolute atomic E-state index is 0.0863. The SMILES string of the molecule is CCCCCCC1CCC(C(OC(c2ccc(-c3ccc(CCCC)cn3)cc2)C2CCC(CCCCCC)CC2)c2ccc(-c3ccc(CCCC)cn3)cc2)CC1. The van der Waals surface area contributed by atoms with Gasteiger partial charge in [0, 0.05) is 23.5 Å². The van der Waals surface area contributed by atoms with E-state index < -0.39 is 0 Å². The molecule has 2 heterocycles. The first-order valence-electron chi connectivity index (χ1n) is 24.8. The topological polar surface area (TPSA) is 35.0 Å². The van der Waals surface area contributed by atoms with Crippen molar-refractivity contribution in [2.75, 3.05) is 0 Å². The molecule has 0 radical (unpaired) electrons. The summed E-state index contributed by atoms with van der Waals surface area (Å²) in [4.78, 5) is 9.81. The van der Waals surface area contributed by atoms with Crippen LogP contribution in [0.4, 0.5) is 0 Å². The number of ether oxygens (including phenoxy) is 1. The summed E-state index contributed by atoms with van der Waals surface area (Å²) >= 11 is 0. The van der Waals surface area contributed by atoms with Crippen molar-refractivity contribution in [1.82, 2.24) is 9.97 Å². The molecule has 59 heavy (non-hydrogen) atoms. The van der Waals surface area contributed by atoms with E-state index in [0.29, 0.717) is 11.8 Å². The molecule has 0 saturated heterocycles. The van der Waals surface area contributed by atoms with Gasteiger partial charge in [0.15, 0.2) is 0 Å². The Bertz CT molecular complexity index is 1570. The van der Waals surface area contributed by atoms with Crippen molar-refractivity contribution in [3.05, 3.63) is 107 Å².